The monoisotopic (exact) mass is 419 g/mol. The molecule has 1 heterocycles. The number of hydrogen-bond acceptors (Lipinski definition) is 5. The van der Waals surface area contributed by atoms with E-state index in [4.69, 9.17) is 0 Å². The quantitative estimate of drug-likeness (QED) is 0.691. The van der Waals surface area contributed by atoms with Gasteiger partial charge in [-0.15, -0.1) is 11.3 Å². The number of thiophene rings is 1. The third-order valence-electron chi connectivity index (χ3n) is 4.42. The highest BCUT2D eigenvalue weighted by molar-refractivity contribution is 7.89. The number of carbonyl (C=O) groups is 1. The Labute approximate surface area is 170 Å². The normalized spacial score (nSPS) is 11.4. The minimum atomic E-state index is -3.58. The number of carbonyl (C=O) groups excluding carboxylic acids is 1. The number of sulfonamides is 1. The van der Waals surface area contributed by atoms with Crippen molar-refractivity contribution in [3.05, 3.63) is 45.8 Å². The smallest absolute Gasteiger partial charge is 0.256 e. The summed E-state index contributed by atoms with van der Waals surface area (Å²) in [6.07, 6.45) is 1.47. The lowest BCUT2D eigenvalue weighted by atomic mass is 10.2. The van der Waals surface area contributed by atoms with Crippen LogP contribution in [0, 0.1) is 25.2 Å². The number of nitrogens with zero attached hydrogens (tertiary/aromatic N) is 2. The van der Waals surface area contributed by atoms with Gasteiger partial charge >= 0.3 is 0 Å². The largest absolute Gasteiger partial charge is 0.312 e. The standard InChI is InChI=1S/C20H25N3O3S2/c1-5-11-23(12-6-2)28(25,26)17-9-7-16(8-10-17)19(24)22-20-18(13-21)14(3)15(4)27-20/h7-10H,5-6,11-12H2,1-4H3,(H,22,24). The van der Waals surface area contributed by atoms with Gasteiger partial charge in [0.15, 0.2) is 0 Å². The van der Waals surface area contributed by atoms with Crippen LogP contribution in [0.3, 0.4) is 0 Å². The first-order valence-corrected chi connectivity index (χ1v) is 11.4. The zero-order valence-electron chi connectivity index (χ0n) is 16.6. The molecule has 1 aromatic carbocycles. The molecule has 1 N–H and O–H groups in total. The van der Waals surface area contributed by atoms with E-state index in [9.17, 15) is 18.5 Å². The van der Waals surface area contributed by atoms with Crippen molar-refractivity contribution in [1.29, 1.82) is 5.26 Å². The molecule has 28 heavy (non-hydrogen) atoms. The van der Waals surface area contributed by atoms with Crippen molar-refractivity contribution in [3.63, 3.8) is 0 Å². The Kier molecular flexibility index (Phi) is 7.35. The van der Waals surface area contributed by atoms with Crippen molar-refractivity contribution in [1.82, 2.24) is 4.31 Å². The average Bonchev–Trinajstić information content (AvgIpc) is 2.94. The highest BCUT2D eigenvalue weighted by Gasteiger charge is 2.23. The fourth-order valence-corrected chi connectivity index (χ4v) is 5.43. The van der Waals surface area contributed by atoms with Crippen molar-refractivity contribution in [3.8, 4) is 6.07 Å². The van der Waals surface area contributed by atoms with Crippen LogP contribution in [-0.2, 0) is 10.0 Å². The second kappa shape index (κ2) is 9.32. The van der Waals surface area contributed by atoms with Crippen molar-refractivity contribution in [2.45, 2.75) is 45.4 Å². The molecule has 0 saturated heterocycles. The van der Waals surface area contributed by atoms with Crippen LogP contribution in [0.5, 0.6) is 0 Å². The summed E-state index contributed by atoms with van der Waals surface area (Å²) in [6.45, 7) is 8.55. The number of anilines is 1. The highest BCUT2D eigenvalue weighted by atomic mass is 32.2. The number of amides is 1. The van der Waals surface area contributed by atoms with E-state index in [0.717, 1.165) is 23.3 Å². The predicted octanol–water partition coefficient (Wildman–Crippen LogP) is 4.30. The van der Waals surface area contributed by atoms with E-state index in [1.807, 2.05) is 27.7 Å². The molecule has 0 unspecified atom stereocenters. The van der Waals surface area contributed by atoms with E-state index in [0.29, 0.717) is 29.2 Å². The molecule has 6 nitrogen and oxygen atoms in total. The van der Waals surface area contributed by atoms with Gasteiger partial charge in [-0.1, -0.05) is 13.8 Å². The molecule has 2 rings (SSSR count). The van der Waals surface area contributed by atoms with E-state index >= 15 is 0 Å². The van der Waals surface area contributed by atoms with Crippen LogP contribution in [0.1, 0.15) is 53.1 Å². The van der Waals surface area contributed by atoms with Crippen LogP contribution < -0.4 is 5.32 Å². The lowest BCUT2D eigenvalue weighted by Crippen LogP contribution is -2.32. The first-order valence-electron chi connectivity index (χ1n) is 9.17. The molecular formula is C20H25N3O3S2. The van der Waals surface area contributed by atoms with Gasteiger partial charge in [0.2, 0.25) is 10.0 Å². The summed E-state index contributed by atoms with van der Waals surface area (Å²) in [5, 5.41) is 12.6. The Bertz CT molecular complexity index is 981. The van der Waals surface area contributed by atoms with Crippen molar-refractivity contribution in [2.24, 2.45) is 0 Å². The molecule has 0 fully saturated rings. The van der Waals surface area contributed by atoms with E-state index < -0.39 is 10.0 Å². The summed E-state index contributed by atoms with van der Waals surface area (Å²) < 4.78 is 27.1. The molecule has 0 aliphatic rings. The maximum absolute atomic E-state index is 12.8. The molecule has 0 radical (unpaired) electrons. The number of nitrogens with one attached hydrogen (secondary N) is 1. The van der Waals surface area contributed by atoms with Gasteiger partial charge in [0, 0.05) is 23.5 Å². The van der Waals surface area contributed by atoms with Crippen LogP contribution in [0.15, 0.2) is 29.2 Å². The predicted molar refractivity (Wildman–Crippen MR) is 112 cm³/mol. The topological polar surface area (TPSA) is 90.3 Å². The Morgan fingerprint density at radius 1 is 1.14 bits per heavy atom. The van der Waals surface area contributed by atoms with Gasteiger partial charge in [0.1, 0.15) is 11.1 Å². The number of aryl methyl sites for hydroxylation is 1. The molecule has 0 aliphatic carbocycles. The number of hydrogen-bond donors (Lipinski definition) is 1. The summed E-state index contributed by atoms with van der Waals surface area (Å²) in [6, 6.07) is 8.03. The van der Waals surface area contributed by atoms with E-state index in [1.54, 1.807) is 0 Å². The number of rotatable bonds is 8. The highest BCUT2D eigenvalue weighted by Crippen LogP contribution is 2.32. The van der Waals surface area contributed by atoms with Gasteiger partial charge in [-0.25, -0.2) is 8.42 Å². The minimum Gasteiger partial charge on any atom is -0.312 e. The zero-order chi connectivity index (χ0) is 20.9. The molecule has 2 aromatic rings. The van der Waals surface area contributed by atoms with Crippen LogP contribution in [0.4, 0.5) is 5.00 Å². The summed E-state index contributed by atoms with van der Waals surface area (Å²) >= 11 is 1.35. The molecule has 8 heteroatoms. The van der Waals surface area contributed by atoms with E-state index in [1.165, 1.54) is 39.9 Å². The number of benzene rings is 1. The summed E-state index contributed by atoms with van der Waals surface area (Å²) in [4.78, 5) is 13.7. The van der Waals surface area contributed by atoms with Crippen LogP contribution in [-0.4, -0.2) is 31.7 Å². The summed E-state index contributed by atoms with van der Waals surface area (Å²) in [5.74, 6) is -0.374. The van der Waals surface area contributed by atoms with Crippen molar-refractivity contribution >= 4 is 32.3 Å². The zero-order valence-corrected chi connectivity index (χ0v) is 18.2. The van der Waals surface area contributed by atoms with Gasteiger partial charge in [0.05, 0.1) is 10.5 Å². The van der Waals surface area contributed by atoms with E-state index in [-0.39, 0.29) is 10.8 Å². The Balaban J connectivity index is 2.23. The second-order valence-corrected chi connectivity index (χ2v) is 9.64. The Morgan fingerprint density at radius 3 is 2.21 bits per heavy atom. The molecular weight excluding hydrogens is 394 g/mol. The number of nitriles is 1. The fourth-order valence-electron chi connectivity index (χ4n) is 2.80. The molecule has 0 atom stereocenters. The average molecular weight is 420 g/mol. The molecule has 1 aromatic heterocycles. The third kappa shape index (κ3) is 4.61. The van der Waals surface area contributed by atoms with Crippen LogP contribution in [0.2, 0.25) is 0 Å². The van der Waals surface area contributed by atoms with Crippen LogP contribution in [0.25, 0.3) is 0 Å². The summed E-state index contributed by atoms with van der Waals surface area (Å²) in [5.41, 5.74) is 1.66. The molecule has 0 saturated carbocycles. The Hall–Kier alpha value is -2.21. The lowest BCUT2D eigenvalue weighted by Gasteiger charge is -2.21. The molecule has 0 spiro atoms. The van der Waals surface area contributed by atoms with Crippen LogP contribution >= 0.6 is 11.3 Å². The van der Waals surface area contributed by atoms with Crippen molar-refractivity contribution < 1.29 is 13.2 Å². The van der Waals surface area contributed by atoms with Gasteiger partial charge in [-0.05, 0) is 56.5 Å². The Morgan fingerprint density at radius 2 is 1.71 bits per heavy atom. The second-order valence-electron chi connectivity index (χ2n) is 6.48. The van der Waals surface area contributed by atoms with Gasteiger partial charge in [-0.2, -0.15) is 9.57 Å². The molecule has 0 bridgehead atoms. The fraction of sp³-hybridized carbons (Fsp3) is 0.400. The third-order valence-corrected chi connectivity index (χ3v) is 7.46. The van der Waals surface area contributed by atoms with Crippen molar-refractivity contribution in [2.75, 3.05) is 18.4 Å². The maximum Gasteiger partial charge on any atom is 0.256 e. The summed E-state index contributed by atoms with van der Waals surface area (Å²) in [7, 11) is -3.58. The first-order chi connectivity index (χ1) is 13.3. The molecule has 1 amide bonds. The minimum absolute atomic E-state index is 0.173. The van der Waals surface area contributed by atoms with Gasteiger partial charge in [-0.3, -0.25) is 4.79 Å². The first kappa shape index (κ1) is 22.1. The lowest BCUT2D eigenvalue weighted by molar-refractivity contribution is 0.102. The van der Waals surface area contributed by atoms with Gasteiger partial charge in [0.25, 0.3) is 5.91 Å². The SMILES string of the molecule is CCCN(CCC)S(=O)(=O)c1ccc(C(=O)Nc2sc(C)c(C)c2C#N)cc1. The van der Waals surface area contributed by atoms with E-state index in [2.05, 4.69) is 11.4 Å². The maximum atomic E-state index is 12.8. The molecule has 0 aliphatic heterocycles. The molecule has 150 valence electrons. The van der Waals surface area contributed by atoms with Gasteiger partial charge < -0.3 is 5.32 Å².